The van der Waals surface area contributed by atoms with Crippen LogP contribution >= 0.6 is 0 Å². The largest absolute Gasteiger partial charge is 0.484 e. The van der Waals surface area contributed by atoms with Gasteiger partial charge in [-0.15, -0.1) is 0 Å². The highest BCUT2D eigenvalue weighted by molar-refractivity contribution is 5.77. The van der Waals surface area contributed by atoms with E-state index in [1.165, 1.54) is 6.07 Å². The molecule has 20 heavy (non-hydrogen) atoms. The molecule has 1 aliphatic carbocycles. The van der Waals surface area contributed by atoms with E-state index in [0.29, 0.717) is 11.3 Å². The Morgan fingerprint density at radius 2 is 2.20 bits per heavy atom. The van der Waals surface area contributed by atoms with Gasteiger partial charge < -0.3 is 15.8 Å². The predicted octanol–water partition coefficient (Wildman–Crippen LogP) is 2.28. The van der Waals surface area contributed by atoms with Crippen molar-refractivity contribution >= 4 is 5.91 Å². The van der Waals surface area contributed by atoms with E-state index in [0.717, 1.165) is 25.7 Å². The molecule has 1 atom stereocenters. The summed E-state index contributed by atoms with van der Waals surface area (Å²) in [5.74, 6) is -0.226. The van der Waals surface area contributed by atoms with Crippen LogP contribution < -0.4 is 15.8 Å². The number of halogens is 1. The summed E-state index contributed by atoms with van der Waals surface area (Å²) in [4.78, 5) is 11.7. The number of hydrogen-bond donors (Lipinski definition) is 2. The lowest BCUT2D eigenvalue weighted by molar-refractivity contribution is -0.123. The van der Waals surface area contributed by atoms with Gasteiger partial charge in [0.15, 0.2) is 6.61 Å². The SMILES string of the molecule is C[C@H](N)c1ccc(OCC(=O)NC2CCCC2)cc1F. The first-order valence-corrected chi connectivity index (χ1v) is 7.03. The van der Waals surface area contributed by atoms with Crippen molar-refractivity contribution in [1.29, 1.82) is 0 Å². The Hall–Kier alpha value is -1.62. The molecule has 1 aliphatic rings. The van der Waals surface area contributed by atoms with Gasteiger partial charge in [-0.05, 0) is 25.8 Å². The van der Waals surface area contributed by atoms with Crippen LogP contribution in [-0.4, -0.2) is 18.6 Å². The molecule has 0 heterocycles. The van der Waals surface area contributed by atoms with Crippen LogP contribution in [0.5, 0.6) is 5.75 Å². The zero-order valence-corrected chi connectivity index (χ0v) is 11.7. The molecule has 1 amide bonds. The van der Waals surface area contributed by atoms with E-state index >= 15 is 0 Å². The van der Waals surface area contributed by atoms with Crippen LogP contribution in [0.15, 0.2) is 18.2 Å². The number of nitrogens with two attached hydrogens (primary N) is 1. The van der Waals surface area contributed by atoms with Crippen LogP contribution in [-0.2, 0) is 4.79 Å². The summed E-state index contributed by atoms with van der Waals surface area (Å²) < 4.78 is 19.0. The first-order chi connectivity index (χ1) is 9.56. The van der Waals surface area contributed by atoms with Gasteiger partial charge in [0.05, 0.1) is 0 Å². The van der Waals surface area contributed by atoms with Crippen molar-refractivity contribution < 1.29 is 13.9 Å². The third-order valence-electron chi connectivity index (χ3n) is 3.55. The fraction of sp³-hybridized carbons (Fsp3) is 0.533. The Morgan fingerprint density at radius 1 is 1.50 bits per heavy atom. The lowest BCUT2D eigenvalue weighted by Crippen LogP contribution is -2.36. The number of carbonyl (C=O) groups excluding carboxylic acids is 1. The number of rotatable bonds is 5. The second kappa shape index (κ2) is 6.70. The molecule has 0 spiro atoms. The lowest BCUT2D eigenvalue weighted by Gasteiger charge is -2.13. The third kappa shape index (κ3) is 3.93. The molecule has 3 N–H and O–H groups in total. The van der Waals surface area contributed by atoms with Gasteiger partial charge in [0.25, 0.3) is 5.91 Å². The van der Waals surface area contributed by atoms with Crippen LogP contribution in [0.4, 0.5) is 4.39 Å². The quantitative estimate of drug-likeness (QED) is 0.869. The zero-order valence-electron chi connectivity index (χ0n) is 11.7. The third-order valence-corrected chi connectivity index (χ3v) is 3.55. The van der Waals surface area contributed by atoms with Gasteiger partial charge in [0.2, 0.25) is 0 Å². The molecule has 1 fully saturated rings. The van der Waals surface area contributed by atoms with E-state index in [-0.39, 0.29) is 24.6 Å². The number of carbonyl (C=O) groups is 1. The molecule has 4 nitrogen and oxygen atoms in total. The highest BCUT2D eigenvalue weighted by Gasteiger charge is 2.17. The average Bonchev–Trinajstić information content (AvgIpc) is 2.89. The van der Waals surface area contributed by atoms with Gasteiger partial charge in [-0.2, -0.15) is 0 Å². The van der Waals surface area contributed by atoms with Crippen LogP contribution in [0.3, 0.4) is 0 Å². The first-order valence-electron chi connectivity index (χ1n) is 7.03. The molecule has 0 unspecified atom stereocenters. The number of ether oxygens (including phenoxy) is 1. The standard InChI is InChI=1S/C15H21FN2O2/c1-10(17)13-7-6-12(8-14(13)16)20-9-15(19)18-11-4-2-3-5-11/h6-8,10-11H,2-5,9,17H2,1H3,(H,18,19)/t10-/m0/s1. The number of nitrogens with one attached hydrogen (secondary N) is 1. The monoisotopic (exact) mass is 280 g/mol. The van der Waals surface area contributed by atoms with Crippen molar-refractivity contribution in [3.63, 3.8) is 0 Å². The van der Waals surface area contributed by atoms with Gasteiger partial charge in [0.1, 0.15) is 11.6 Å². The van der Waals surface area contributed by atoms with Crippen LogP contribution in [0.1, 0.15) is 44.2 Å². The van der Waals surface area contributed by atoms with Crippen molar-refractivity contribution in [2.45, 2.75) is 44.7 Å². The maximum Gasteiger partial charge on any atom is 0.258 e. The van der Waals surface area contributed by atoms with E-state index in [2.05, 4.69) is 5.32 Å². The summed E-state index contributed by atoms with van der Waals surface area (Å²) in [6, 6.07) is 4.38. The van der Waals surface area contributed by atoms with E-state index in [9.17, 15) is 9.18 Å². The van der Waals surface area contributed by atoms with E-state index in [1.807, 2.05) is 0 Å². The molecule has 0 aromatic heterocycles. The van der Waals surface area contributed by atoms with Crippen molar-refractivity contribution in [2.75, 3.05) is 6.61 Å². The number of hydrogen-bond acceptors (Lipinski definition) is 3. The predicted molar refractivity (Wildman–Crippen MR) is 74.9 cm³/mol. The summed E-state index contributed by atoms with van der Waals surface area (Å²) in [6.07, 6.45) is 4.39. The summed E-state index contributed by atoms with van der Waals surface area (Å²) in [6.45, 7) is 1.63. The van der Waals surface area contributed by atoms with E-state index in [1.54, 1.807) is 19.1 Å². The minimum Gasteiger partial charge on any atom is -0.484 e. The maximum atomic E-state index is 13.7. The Balaban J connectivity index is 1.84. The molecule has 110 valence electrons. The molecule has 1 saturated carbocycles. The van der Waals surface area contributed by atoms with Crippen molar-refractivity contribution in [3.05, 3.63) is 29.6 Å². The summed E-state index contributed by atoms with van der Waals surface area (Å²) in [5.41, 5.74) is 6.07. The molecule has 0 saturated heterocycles. The highest BCUT2D eigenvalue weighted by atomic mass is 19.1. The van der Waals surface area contributed by atoms with Gasteiger partial charge >= 0.3 is 0 Å². The van der Waals surface area contributed by atoms with Crippen molar-refractivity contribution in [1.82, 2.24) is 5.32 Å². The van der Waals surface area contributed by atoms with E-state index < -0.39 is 5.82 Å². The Kier molecular flexibility index (Phi) is 4.95. The smallest absolute Gasteiger partial charge is 0.258 e. The van der Waals surface area contributed by atoms with Crippen LogP contribution in [0.25, 0.3) is 0 Å². The molecular weight excluding hydrogens is 259 g/mol. The summed E-state index contributed by atoms with van der Waals surface area (Å²) in [7, 11) is 0. The summed E-state index contributed by atoms with van der Waals surface area (Å²) >= 11 is 0. The molecular formula is C15H21FN2O2. The minimum atomic E-state index is -0.409. The average molecular weight is 280 g/mol. The topological polar surface area (TPSA) is 64.3 Å². The molecule has 1 aromatic carbocycles. The Bertz CT molecular complexity index is 471. The lowest BCUT2D eigenvalue weighted by atomic mass is 10.1. The second-order valence-corrected chi connectivity index (χ2v) is 5.31. The maximum absolute atomic E-state index is 13.7. The molecule has 0 aliphatic heterocycles. The van der Waals surface area contributed by atoms with Gasteiger partial charge in [-0.3, -0.25) is 4.79 Å². The van der Waals surface area contributed by atoms with Crippen LogP contribution in [0, 0.1) is 5.82 Å². The molecule has 0 bridgehead atoms. The normalized spacial score (nSPS) is 16.9. The summed E-state index contributed by atoms with van der Waals surface area (Å²) in [5, 5.41) is 2.92. The van der Waals surface area contributed by atoms with E-state index in [4.69, 9.17) is 10.5 Å². The van der Waals surface area contributed by atoms with Gasteiger partial charge in [-0.25, -0.2) is 4.39 Å². The van der Waals surface area contributed by atoms with Gasteiger partial charge in [-0.1, -0.05) is 18.9 Å². The first kappa shape index (κ1) is 14.8. The molecule has 0 radical (unpaired) electrons. The highest BCUT2D eigenvalue weighted by Crippen LogP contribution is 2.21. The Labute approximate surface area is 118 Å². The van der Waals surface area contributed by atoms with Crippen molar-refractivity contribution in [3.8, 4) is 5.75 Å². The number of benzene rings is 1. The minimum absolute atomic E-state index is 0.0898. The molecule has 1 aromatic rings. The fourth-order valence-electron chi connectivity index (χ4n) is 2.46. The second-order valence-electron chi connectivity index (χ2n) is 5.31. The zero-order chi connectivity index (χ0) is 14.5. The van der Waals surface area contributed by atoms with Gasteiger partial charge in [0, 0.05) is 23.7 Å². The molecule has 2 rings (SSSR count). The molecule has 5 heteroatoms. The fourth-order valence-corrected chi connectivity index (χ4v) is 2.46. The van der Waals surface area contributed by atoms with Crippen molar-refractivity contribution in [2.24, 2.45) is 5.73 Å². The number of amides is 1. The van der Waals surface area contributed by atoms with Crippen LogP contribution in [0.2, 0.25) is 0 Å². The Morgan fingerprint density at radius 3 is 2.80 bits per heavy atom.